The van der Waals surface area contributed by atoms with Gasteiger partial charge in [-0.3, -0.25) is 9.69 Å². The van der Waals surface area contributed by atoms with E-state index < -0.39 is 0 Å². The minimum absolute atomic E-state index is 0.0859. The van der Waals surface area contributed by atoms with Gasteiger partial charge in [0.15, 0.2) is 0 Å². The second-order valence-electron chi connectivity index (χ2n) is 3.95. The van der Waals surface area contributed by atoms with Crippen molar-refractivity contribution in [1.29, 1.82) is 0 Å². The third-order valence-electron chi connectivity index (χ3n) is 2.78. The van der Waals surface area contributed by atoms with E-state index in [1.54, 1.807) is 0 Å². The summed E-state index contributed by atoms with van der Waals surface area (Å²) in [6, 6.07) is 0.522. The lowest BCUT2D eigenvalue weighted by Crippen LogP contribution is -2.58. The van der Waals surface area contributed by atoms with Crippen molar-refractivity contribution in [1.82, 2.24) is 10.2 Å². The normalized spacial score (nSPS) is 16.5. The first-order chi connectivity index (χ1) is 7.27. The Kier molecular flexibility index (Phi) is 5.65. The standard InChI is InChI=1S/C11H22N2O2/c1-3-5-6-15-11(14)9-13(4-2)10-7-12-8-10/h10,12H,3-9H2,1-2H3. The van der Waals surface area contributed by atoms with Gasteiger partial charge in [0.2, 0.25) is 0 Å². The molecule has 1 saturated heterocycles. The van der Waals surface area contributed by atoms with Gasteiger partial charge in [-0.15, -0.1) is 0 Å². The minimum atomic E-state index is -0.0859. The average molecular weight is 214 g/mol. The van der Waals surface area contributed by atoms with Crippen LogP contribution in [-0.4, -0.2) is 49.7 Å². The lowest BCUT2D eigenvalue weighted by Gasteiger charge is -2.36. The third-order valence-corrected chi connectivity index (χ3v) is 2.78. The topological polar surface area (TPSA) is 41.6 Å². The number of carbonyl (C=O) groups excluding carboxylic acids is 1. The molecule has 0 atom stereocenters. The molecule has 0 aromatic carbocycles. The summed E-state index contributed by atoms with van der Waals surface area (Å²) in [6.07, 6.45) is 2.03. The molecule has 1 N–H and O–H groups in total. The highest BCUT2D eigenvalue weighted by atomic mass is 16.5. The SMILES string of the molecule is CCCCOC(=O)CN(CC)C1CNC1. The van der Waals surface area contributed by atoms with Crippen LogP contribution in [0.4, 0.5) is 0 Å². The van der Waals surface area contributed by atoms with Gasteiger partial charge in [0.25, 0.3) is 0 Å². The van der Waals surface area contributed by atoms with Crippen LogP contribution in [-0.2, 0) is 9.53 Å². The molecule has 1 rings (SSSR count). The summed E-state index contributed by atoms with van der Waals surface area (Å²) in [5.41, 5.74) is 0. The molecule has 0 aromatic heterocycles. The molecule has 0 saturated carbocycles. The van der Waals surface area contributed by atoms with Crippen LogP contribution in [0.2, 0.25) is 0 Å². The van der Waals surface area contributed by atoms with E-state index in [0.717, 1.165) is 32.5 Å². The Morgan fingerprint density at radius 3 is 2.67 bits per heavy atom. The number of likely N-dealkylation sites (N-methyl/N-ethyl adjacent to an activating group) is 1. The Morgan fingerprint density at radius 1 is 1.47 bits per heavy atom. The van der Waals surface area contributed by atoms with Crippen molar-refractivity contribution in [3.05, 3.63) is 0 Å². The lowest BCUT2D eigenvalue weighted by molar-refractivity contribution is -0.145. The van der Waals surface area contributed by atoms with E-state index in [4.69, 9.17) is 4.74 Å². The number of hydrogen-bond acceptors (Lipinski definition) is 4. The van der Waals surface area contributed by atoms with Crippen molar-refractivity contribution in [3.63, 3.8) is 0 Å². The summed E-state index contributed by atoms with van der Waals surface area (Å²) in [6.45, 7) is 8.08. The zero-order valence-corrected chi connectivity index (χ0v) is 9.79. The first-order valence-corrected chi connectivity index (χ1v) is 5.88. The molecule has 1 aliphatic heterocycles. The summed E-state index contributed by atoms with van der Waals surface area (Å²) < 4.78 is 5.13. The zero-order chi connectivity index (χ0) is 11.1. The lowest BCUT2D eigenvalue weighted by atomic mass is 10.1. The molecule has 0 spiro atoms. The van der Waals surface area contributed by atoms with E-state index in [0.29, 0.717) is 19.2 Å². The molecule has 0 aromatic rings. The first-order valence-electron chi connectivity index (χ1n) is 5.88. The molecule has 4 heteroatoms. The number of hydrogen-bond donors (Lipinski definition) is 1. The molecule has 0 bridgehead atoms. The molecular weight excluding hydrogens is 192 g/mol. The van der Waals surface area contributed by atoms with Crippen LogP contribution < -0.4 is 5.32 Å². The second-order valence-corrected chi connectivity index (χ2v) is 3.95. The van der Waals surface area contributed by atoms with Gasteiger partial charge in [0.1, 0.15) is 0 Å². The van der Waals surface area contributed by atoms with Crippen LogP contribution in [0.1, 0.15) is 26.7 Å². The summed E-state index contributed by atoms with van der Waals surface area (Å²) in [5.74, 6) is -0.0859. The van der Waals surface area contributed by atoms with Crippen LogP contribution >= 0.6 is 0 Å². The van der Waals surface area contributed by atoms with E-state index >= 15 is 0 Å². The Morgan fingerprint density at radius 2 is 2.20 bits per heavy atom. The van der Waals surface area contributed by atoms with Gasteiger partial charge >= 0.3 is 5.97 Å². The number of nitrogens with zero attached hydrogens (tertiary/aromatic N) is 1. The average Bonchev–Trinajstić information content (AvgIpc) is 2.14. The van der Waals surface area contributed by atoms with Crippen LogP contribution in [0.25, 0.3) is 0 Å². The van der Waals surface area contributed by atoms with Crippen molar-refractivity contribution < 1.29 is 9.53 Å². The molecule has 0 aliphatic carbocycles. The molecule has 0 amide bonds. The van der Waals surface area contributed by atoms with Crippen molar-refractivity contribution in [2.45, 2.75) is 32.7 Å². The number of esters is 1. The smallest absolute Gasteiger partial charge is 0.320 e. The number of ether oxygens (including phenoxy) is 1. The molecule has 0 radical (unpaired) electrons. The maximum Gasteiger partial charge on any atom is 0.320 e. The molecule has 1 heterocycles. The maximum atomic E-state index is 11.4. The van der Waals surface area contributed by atoms with Gasteiger partial charge < -0.3 is 10.1 Å². The van der Waals surface area contributed by atoms with Crippen LogP contribution in [0.15, 0.2) is 0 Å². The zero-order valence-electron chi connectivity index (χ0n) is 9.79. The van der Waals surface area contributed by atoms with Gasteiger partial charge in [-0.1, -0.05) is 20.3 Å². The highest BCUT2D eigenvalue weighted by Crippen LogP contribution is 2.04. The van der Waals surface area contributed by atoms with Crippen molar-refractivity contribution in [2.75, 3.05) is 32.8 Å². The third kappa shape index (κ3) is 4.18. The van der Waals surface area contributed by atoms with Crippen molar-refractivity contribution in [2.24, 2.45) is 0 Å². The predicted octanol–water partition coefficient (Wildman–Crippen LogP) is 0.623. The van der Waals surface area contributed by atoms with Crippen LogP contribution in [0.5, 0.6) is 0 Å². The molecular formula is C11H22N2O2. The quantitative estimate of drug-likeness (QED) is 0.498. The van der Waals surface area contributed by atoms with Gasteiger partial charge in [0, 0.05) is 19.1 Å². The minimum Gasteiger partial charge on any atom is -0.465 e. The van der Waals surface area contributed by atoms with E-state index in [2.05, 4.69) is 24.1 Å². The fraction of sp³-hybridized carbons (Fsp3) is 0.909. The molecule has 4 nitrogen and oxygen atoms in total. The van der Waals surface area contributed by atoms with Gasteiger partial charge in [-0.2, -0.15) is 0 Å². The Hall–Kier alpha value is -0.610. The summed E-state index contributed by atoms with van der Waals surface area (Å²) in [4.78, 5) is 13.6. The van der Waals surface area contributed by atoms with E-state index in [-0.39, 0.29) is 5.97 Å². The number of rotatable bonds is 7. The first kappa shape index (κ1) is 12.5. The fourth-order valence-electron chi connectivity index (χ4n) is 1.57. The summed E-state index contributed by atoms with van der Waals surface area (Å²) in [7, 11) is 0. The Labute approximate surface area is 92.0 Å². The van der Waals surface area contributed by atoms with Crippen LogP contribution in [0, 0.1) is 0 Å². The van der Waals surface area contributed by atoms with E-state index in [1.165, 1.54) is 0 Å². The predicted molar refractivity (Wildman–Crippen MR) is 59.8 cm³/mol. The monoisotopic (exact) mass is 214 g/mol. The summed E-state index contributed by atoms with van der Waals surface area (Å²) >= 11 is 0. The molecule has 1 fully saturated rings. The van der Waals surface area contributed by atoms with Crippen LogP contribution in [0.3, 0.4) is 0 Å². The highest BCUT2D eigenvalue weighted by molar-refractivity contribution is 5.71. The van der Waals surface area contributed by atoms with Gasteiger partial charge in [-0.25, -0.2) is 0 Å². The Bertz CT molecular complexity index is 193. The molecule has 88 valence electrons. The van der Waals surface area contributed by atoms with Crippen molar-refractivity contribution >= 4 is 5.97 Å². The number of unbranched alkanes of at least 4 members (excludes halogenated alkanes) is 1. The Balaban J connectivity index is 2.16. The summed E-state index contributed by atoms with van der Waals surface area (Å²) in [5, 5.41) is 3.21. The number of nitrogens with one attached hydrogen (secondary N) is 1. The van der Waals surface area contributed by atoms with Gasteiger partial charge in [0.05, 0.1) is 13.2 Å². The van der Waals surface area contributed by atoms with Gasteiger partial charge in [-0.05, 0) is 13.0 Å². The van der Waals surface area contributed by atoms with E-state index in [9.17, 15) is 4.79 Å². The molecule has 0 unspecified atom stereocenters. The number of carbonyl (C=O) groups is 1. The molecule has 1 aliphatic rings. The maximum absolute atomic E-state index is 11.4. The highest BCUT2D eigenvalue weighted by Gasteiger charge is 2.25. The fourth-order valence-corrected chi connectivity index (χ4v) is 1.57. The van der Waals surface area contributed by atoms with E-state index in [1.807, 2.05) is 0 Å². The molecule has 15 heavy (non-hydrogen) atoms. The largest absolute Gasteiger partial charge is 0.465 e. The second kappa shape index (κ2) is 6.80. The van der Waals surface area contributed by atoms with Crippen molar-refractivity contribution in [3.8, 4) is 0 Å².